The molecule has 9 nitrogen and oxygen atoms in total. The Morgan fingerprint density at radius 1 is 1.03 bits per heavy atom. The van der Waals surface area contributed by atoms with Crippen molar-refractivity contribution in [2.75, 3.05) is 25.0 Å². The molecule has 0 unspecified atom stereocenters. The van der Waals surface area contributed by atoms with Crippen LogP contribution in [0.2, 0.25) is 0 Å². The normalized spacial score (nSPS) is 15.5. The first-order valence-electron chi connectivity index (χ1n) is 11.2. The van der Waals surface area contributed by atoms with Crippen molar-refractivity contribution in [3.63, 3.8) is 0 Å². The molecule has 2 aliphatic rings. The number of carbonyl (C=O) groups is 3. The van der Waals surface area contributed by atoms with Crippen LogP contribution in [-0.2, 0) is 9.53 Å². The van der Waals surface area contributed by atoms with E-state index < -0.39 is 18.0 Å². The summed E-state index contributed by atoms with van der Waals surface area (Å²) >= 11 is 0. The molecule has 9 heteroatoms. The number of likely N-dealkylation sites (tertiary alicyclic amines) is 1. The number of nitrogens with one attached hydrogen (secondary N) is 2. The monoisotopic (exact) mass is 460 g/mol. The summed E-state index contributed by atoms with van der Waals surface area (Å²) < 4.78 is 5.51. The van der Waals surface area contributed by atoms with Crippen LogP contribution < -0.4 is 5.32 Å². The van der Waals surface area contributed by atoms with Gasteiger partial charge in [0.15, 0.2) is 5.82 Å². The number of carboxylic acid groups (broad SMARTS) is 1. The first-order valence-corrected chi connectivity index (χ1v) is 11.2. The molecule has 0 bridgehead atoms. The zero-order chi connectivity index (χ0) is 23.7. The maximum absolute atomic E-state index is 12.7. The van der Waals surface area contributed by atoms with Crippen molar-refractivity contribution in [2.45, 2.75) is 18.8 Å². The second kappa shape index (κ2) is 9.01. The van der Waals surface area contributed by atoms with Gasteiger partial charge in [-0.1, -0.05) is 48.5 Å². The van der Waals surface area contributed by atoms with Crippen LogP contribution in [0.4, 0.5) is 10.6 Å². The third kappa shape index (κ3) is 4.12. The summed E-state index contributed by atoms with van der Waals surface area (Å²) in [5.74, 6) is -1.40. The molecule has 1 fully saturated rings. The van der Waals surface area contributed by atoms with E-state index in [0.717, 1.165) is 22.3 Å². The van der Waals surface area contributed by atoms with Gasteiger partial charge >= 0.3 is 12.1 Å². The fourth-order valence-corrected chi connectivity index (χ4v) is 4.73. The lowest BCUT2D eigenvalue weighted by Crippen LogP contribution is -2.40. The fourth-order valence-electron chi connectivity index (χ4n) is 4.73. The maximum Gasteiger partial charge on any atom is 0.412 e. The number of amides is 2. The highest BCUT2D eigenvalue weighted by Gasteiger charge is 2.30. The summed E-state index contributed by atoms with van der Waals surface area (Å²) in [4.78, 5) is 37.8. The van der Waals surface area contributed by atoms with E-state index in [2.05, 4.69) is 27.6 Å². The predicted octanol–water partition coefficient (Wildman–Crippen LogP) is 3.71. The van der Waals surface area contributed by atoms with Gasteiger partial charge in [0.2, 0.25) is 0 Å². The van der Waals surface area contributed by atoms with Crippen molar-refractivity contribution in [2.24, 2.45) is 5.92 Å². The number of hydrogen-bond acceptors (Lipinski definition) is 5. The molecule has 1 saturated heterocycles. The van der Waals surface area contributed by atoms with Crippen molar-refractivity contribution in [1.82, 2.24) is 15.1 Å². The molecular formula is C25H24N4O5. The summed E-state index contributed by atoms with van der Waals surface area (Å²) in [6.45, 7) is 0.905. The molecule has 34 heavy (non-hydrogen) atoms. The summed E-state index contributed by atoms with van der Waals surface area (Å²) in [6.07, 6.45) is 0.176. The van der Waals surface area contributed by atoms with Gasteiger partial charge in [-0.3, -0.25) is 20.0 Å². The number of anilines is 1. The van der Waals surface area contributed by atoms with Gasteiger partial charge in [-0.05, 0) is 35.1 Å². The second-order valence-electron chi connectivity index (χ2n) is 8.52. The number of hydrogen-bond donors (Lipinski definition) is 3. The zero-order valence-corrected chi connectivity index (χ0v) is 18.4. The molecule has 2 heterocycles. The molecule has 2 amide bonds. The Hall–Kier alpha value is -4.14. The summed E-state index contributed by atoms with van der Waals surface area (Å²) in [5, 5.41) is 18.3. The maximum atomic E-state index is 12.7. The Bertz CT molecular complexity index is 1200. The van der Waals surface area contributed by atoms with Crippen LogP contribution in [0.5, 0.6) is 0 Å². The number of carboxylic acids is 1. The third-order valence-electron chi connectivity index (χ3n) is 6.51. The lowest BCUT2D eigenvalue weighted by atomic mass is 9.97. The molecule has 0 radical (unpaired) electrons. The van der Waals surface area contributed by atoms with E-state index in [1.54, 1.807) is 4.90 Å². The molecule has 1 aromatic heterocycles. The summed E-state index contributed by atoms with van der Waals surface area (Å²) in [6, 6.07) is 17.6. The van der Waals surface area contributed by atoms with E-state index in [4.69, 9.17) is 9.84 Å². The summed E-state index contributed by atoms with van der Waals surface area (Å²) in [5.41, 5.74) is 4.76. The van der Waals surface area contributed by atoms with E-state index >= 15 is 0 Å². The van der Waals surface area contributed by atoms with E-state index in [9.17, 15) is 14.4 Å². The Kier molecular flexibility index (Phi) is 5.75. The number of ether oxygens (including phenoxy) is 1. The number of carbonyl (C=O) groups excluding carboxylic acids is 2. The van der Waals surface area contributed by atoms with Gasteiger partial charge < -0.3 is 14.7 Å². The van der Waals surface area contributed by atoms with E-state index in [1.807, 2.05) is 36.4 Å². The minimum Gasteiger partial charge on any atom is -0.481 e. The molecule has 174 valence electrons. The first-order chi connectivity index (χ1) is 16.5. The molecule has 0 saturated carbocycles. The smallest absolute Gasteiger partial charge is 0.412 e. The van der Waals surface area contributed by atoms with Crippen molar-refractivity contribution < 1.29 is 24.2 Å². The Labute approximate surface area is 195 Å². The predicted molar refractivity (Wildman–Crippen MR) is 124 cm³/mol. The quantitative estimate of drug-likeness (QED) is 0.533. The highest BCUT2D eigenvalue weighted by atomic mass is 16.5. The topological polar surface area (TPSA) is 125 Å². The fraction of sp³-hybridized carbons (Fsp3) is 0.280. The SMILES string of the molecule is O=C(Nc1cc(C(=O)N2CCC(C(=O)O)CC2)[nH]n1)OCC1c2ccccc2-c2ccccc21. The van der Waals surface area contributed by atoms with E-state index in [-0.39, 0.29) is 29.9 Å². The van der Waals surface area contributed by atoms with Crippen molar-refractivity contribution >= 4 is 23.8 Å². The minimum absolute atomic E-state index is 0.0526. The number of benzene rings is 2. The van der Waals surface area contributed by atoms with Crippen LogP contribution in [0.25, 0.3) is 11.1 Å². The van der Waals surface area contributed by atoms with Crippen LogP contribution in [0.15, 0.2) is 54.6 Å². The van der Waals surface area contributed by atoms with Crippen LogP contribution in [0, 0.1) is 5.92 Å². The third-order valence-corrected chi connectivity index (χ3v) is 6.51. The zero-order valence-electron chi connectivity index (χ0n) is 18.4. The number of rotatable bonds is 5. The molecule has 0 atom stereocenters. The van der Waals surface area contributed by atoms with Crippen LogP contribution in [0.1, 0.15) is 40.4 Å². The van der Waals surface area contributed by atoms with Gasteiger partial charge in [0.05, 0.1) is 5.92 Å². The Morgan fingerprint density at radius 2 is 1.65 bits per heavy atom. The van der Waals surface area contributed by atoms with Gasteiger partial charge in [0.1, 0.15) is 12.3 Å². The van der Waals surface area contributed by atoms with Crippen LogP contribution >= 0.6 is 0 Å². The van der Waals surface area contributed by atoms with Gasteiger partial charge in [-0.2, -0.15) is 5.10 Å². The number of aliphatic carboxylic acids is 1. The number of aromatic nitrogens is 2. The number of H-pyrrole nitrogens is 1. The number of piperidine rings is 1. The van der Waals surface area contributed by atoms with Gasteiger partial charge in [0, 0.05) is 25.1 Å². The highest BCUT2D eigenvalue weighted by Crippen LogP contribution is 2.44. The minimum atomic E-state index is -0.830. The van der Waals surface area contributed by atoms with Gasteiger partial charge in [0.25, 0.3) is 5.91 Å². The van der Waals surface area contributed by atoms with Crippen molar-refractivity contribution in [3.05, 3.63) is 71.4 Å². The van der Waals surface area contributed by atoms with Crippen LogP contribution in [-0.4, -0.2) is 57.9 Å². The molecular weight excluding hydrogens is 436 g/mol. The Morgan fingerprint density at radius 3 is 2.26 bits per heavy atom. The second-order valence-corrected chi connectivity index (χ2v) is 8.52. The number of nitrogens with zero attached hydrogens (tertiary/aromatic N) is 2. The largest absolute Gasteiger partial charge is 0.481 e. The standard InChI is InChI=1S/C25H24N4O5/c30-23(29-11-9-15(10-12-29)24(31)32)21-13-22(28-27-21)26-25(33)34-14-20-18-7-3-1-5-16(18)17-6-2-4-8-19(17)20/h1-8,13,15,20H,9-12,14H2,(H,31,32)(H2,26,27,28,33). The molecule has 3 aromatic rings. The molecule has 0 spiro atoms. The molecule has 3 N–H and O–H groups in total. The molecule has 1 aliphatic carbocycles. The van der Waals surface area contributed by atoms with Crippen molar-refractivity contribution in [1.29, 1.82) is 0 Å². The highest BCUT2D eigenvalue weighted by molar-refractivity contribution is 5.94. The van der Waals surface area contributed by atoms with E-state index in [1.165, 1.54) is 6.07 Å². The average Bonchev–Trinajstić information content (AvgIpc) is 3.45. The molecule has 5 rings (SSSR count). The lowest BCUT2D eigenvalue weighted by Gasteiger charge is -2.29. The average molecular weight is 460 g/mol. The lowest BCUT2D eigenvalue weighted by molar-refractivity contribution is -0.143. The van der Waals surface area contributed by atoms with Crippen LogP contribution in [0.3, 0.4) is 0 Å². The molecule has 2 aromatic carbocycles. The van der Waals surface area contributed by atoms with Gasteiger partial charge in [-0.15, -0.1) is 0 Å². The van der Waals surface area contributed by atoms with E-state index in [0.29, 0.717) is 25.9 Å². The number of aromatic amines is 1. The Balaban J connectivity index is 1.18. The van der Waals surface area contributed by atoms with Crippen molar-refractivity contribution in [3.8, 4) is 11.1 Å². The summed E-state index contributed by atoms with van der Waals surface area (Å²) in [7, 11) is 0. The number of fused-ring (bicyclic) bond motifs is 3. The van der Waals surface area contributed by atoms with Gasteiger partial charge in [-0.25, -0.2) is 4.79 Å². The molecule has 1 aliphatic heterocycles. The first kappa shape index (κ1) is 21.7.